The van der Waals surface area contributed by atoms with E-state index in [1.165, 1.54) is 0 Å². The molecule has 7 heavy (non-hydrogen) atoms. The van der Waals surface area contributed by atoms with Gasteiger partial charge in [0.1, 0.15) is 14.4 Å². The van der Waals surface area contributed by atoms with Crippen molar-refractivity contribution in [2.24, 2.45) is 5.18 Å². The van der Waals surface area contributed by atoms with Gasteiger partial charge < -0.3 is 5.11 Å². The summed E-state index contributed by atoms with van der Waals surface area (Å²) in [5, 5.41) is 11.1. The average molecular weight is 101 g/mol. The summed E-state index contributed by atoms with van der Waals surface area (Å²) in [4.78, 5) is 9.36. The zero-order valence-corrected chi connectivity index (χ0v) is 4.29. The summed E-state index contributed by atoms with van der Waals surface area (Å²) in [6.07, 6.45) is 0.0728. The first-order chi connectivity index (χ1) is 3.31. The molecule has 0 aliphatic rings. The Bertz CT molecular complexity index is 58.9. The summed E-state index contributed by atoms with van der Waals surface area (Å²) < 4.78 is 0. The predicted molar refractivity (Wildman–Crippen MR) is 30.0 cm³/mol. The number of aliphatic hydroxyl groups excluding tert-OH is 1. The summed E-state index contributed by atoms with van der Waals surface area (Å²) in [6.45, 7) is 0.0243. The molecule has 0 heterocycles. The molecule has 1 unspecified atom stereocenters. The molecule has 3 nitrogen and oxygen atoms in total. The van der Waals surface area contributed by atoms with E-state index < -0.39 is 6.10 Å². The summed E-state index contributed by atoms with van der Waals surface area (Å²) in [7, 11) is 1.80. The maximum Gasteiger partial charge on any atom is 0.106 e. The van der Waals surface area contributed by atoms with E-state index in [1.807, 2.05) is 0 Å². The normalized spacial score (nSPS) is 13.3. The molecule has 1 N–H and O–H groups in total. The zero-order valence-electron chi connectivity index (χ0n) is 4.29. The summed E-state index contributed by atoms with van der Waals surface area (Å²) in [5.74, 6) is 0. The molecule has 0 saturated heterocycles. The highest BCUT2D eigenvalue weighted by Crippen LogP contribution is 1.85. The lowest BCUT2D eigenvalue weighted by atomic mass is 10.00. The molecule has 0 spiro atoms. The third kappa shape index (κ3) is 3.46. The van der Waals surface area contributed by atoms with Crippen LogP contribution in [0.3, 0.4) is 0 Å². The van der Waals surface area contributed by atoms with Crippen LogP contribution in [0.25, 0.3) is 0 Å². The van der Waals surface area contributed by atoms with Crippen LogP contribution in [0.5, 0.6) is 0 Å². The van der Waals surface area contributed by atoms with Gasteiger partial charge in [0.2, 0.25) is 0 Å². The maximum absolute atomic E-state index is 9.36. The van der Waals surface area contributed by atoms with Crippen LogP contribution in [0.1, 0.15) is 0 Å². The molecular weight excluding hydrogens is 92.9 g/mol. The van der Waals surface area contributed by atoms with Crippen LogP contribution in [0.2, 0.25) is 6.32 Å². The molecule has 1 atom stereocenters. The number of hydrogen-bond acceptors (Lipinski definition) is 3. The number of aliphatic hydroxyl groups is 1. The topological polar surface area (TPSA) is 49.7 Å². The standard InChI is InChI=1S/C3H8BNO2/c4-1-3(6)2-5-7/h3,6H,1-2,4H2. The number of nitroso groups, excluding NO2 is 1. The molecule has 40 valence electrons. The first-order valence-electron chi connectivity index (χ1n) is 2.28. The Labute approximate surface area is 43.1 Å². The lowest BCUT2D eigenvalue weighted by Gasteiger charge is -1.96. The van der Waals surface area contributed by atoms with Gasteiger partial charge in [0, 0.05) is 0 Å². The van der Waals surface area contributed by atoms with E-state index >= 15 is 0 Å². The summed E-state index contributed by atoms with van der Waals surface area (Å²) in [5.41, 5.74) is 0. The van der Waals surface area contributed by atoms with Crippen molar-refractivity contribution in [3.63, 3.8) is 0 Å². The van der Waals surface area contributed by atoms with Gasteiger partial charge in [-0.3, -0.25) is 0 Å². The molecule has 0 aromatic heterocycles. The van der Waals surface area contributed by atoms with Gasteiger partial charge in [0.15, 0.2) is 0 Å². The van der Waals surface area contributed by atoms with Gasteiger partial charge in [0.05, 0.1) is 6.10 Å². The molecule has 0 fully saturated rings. The molecule has 0 aliphatic heterocycles. The Hall–Kier alpha value is -0.375. The fourth-order valence-electron chi connectivity index (χ4n) is 0.215. The lowest BCUT2D eigenvalue weighted by Crippen LogP contribution is -2.08. The number of rotatable bonds is 3. The smallest absolute Gasteiger partial charge is 0.106 e. The van der Waals surface area contributed by atoms with Gasteiger partial charge in [-0.05, 0) is 0 Å². The van der Waals surface area contributed by atoms with Crippen molar-refractivity contribution in [1.29, 1.82) is 0 Å². The van der Waals surface area contributed by atoms with Gasteiger partial charge in [0.25, 0.3) is 0 Å². The fraction of sp³-hybridized carbons (Fsp3) is 1.00. The average Bonchev–Trinajstić information content (AvgIpc) is 1.68. The van der Waals surface area contributed by atoms with Crippen LogP contribution in [0, 0.1) is 4.91 Å². The van der Waals surface area contributed by atoms with Crippen molar-refractivity contribution < 1.29 is 5.11 Å². The SMILES string of the molecule is BCC(O)CN=O. The van der Waals surface area contributed by atoms with Crippen molar-refractivity contribution in [2.45, 2.75) is 12.4 Å². The summed E-state index contributed by atoms with van der Waals surface area (Å²) >= 11 is 0. The van der Waals surface area contributed by atoms with E-state index in [4.69, 9.17) is 5.11 Å². The molecule has 4 heteroatoms. The second kappa shape index (κ2) is 3.80. The van der Waals surface area contributed by atoms with Gasteiger partial charge in [-0.1, -0.05) is 11.5 Å². The van der Waals surface area contributed by atoms with Gasteiger partial charge >= 0.3 is 0 Å². The van der Waals surface area contributed by atoms with Crippen molar-refractivity contribution in [3.8, 4) is 0 Å². The quantitative estimate of drug-likeness (QED) is 0.372. The van der Waals surface area contributed by atoms with Gasteiger partial charge in [-0.2, -0.15) is 4.91 Å². The Balaban J connectivity index is 2.98. The summed E-state index contributed by atoms with van der Waals surface area (Å²) in [6, 6.07) is 0. The van der Waals surface area contributed by atoms with Crippen molar-refractivity contribution in [2.75, 3.05) is 6.54 Å². The van der Waals surface area contributed by atoms with Crippen LogP contribution in [0.4, 0.5) is 0 Å². The lowest BCUT2D eigenvalue weighted by molar-refractivity contribution is 0.204. The second-order valence-electron chi connectivity index (χ2n) is 1.37. The van der Waals surface area contributed by atoms with Crippen LogP contribution in [0.15, 0.2) is 5.18 Å². The van der Waals surface area contributed by atoms with Crippen LogP contribution < -0.4 is 0 Å². The first kappa shape index (κ1) is 6.62. The third-order valence-corrected chi connectivity index (χ3v) is 0.757. The van der Waals surface area contributed by atoms with E-state index in [-0.39, 0.29) is 6.54 Å². The van der Waals surface area contributed by atoms with Crippen LogP contribution in [-0.2, 0) is 0 Å². The monoisotopic (exact) mass is 101 g/mol. The first-order valence-corrected chi connectivity index (χ1v) is 2.28. The minimum Gasteiger partial charge on any atom is -0.392 e. The third-order valence-electron chi connectivity index (χ3n) is 0.757. The van der Waals surface area contributed by atoms with E-state index in [0.717, 1.165) is 0 Å². The Kier molecular flexibility index (Phi) is 3.60. The molecule has 0 aromatic rings. The molecular formula is C3H8BNO2. The molecule has 0 amide bonds. The molecule has 0 aliphatic carbocycles. The minimum atomic E-state index is -0.530. The molecule has 0 aromatic carbocycles. The fourth-order valence-corrected chi connectivity index (χ4v) is 0.215. The predicted octanol–water partition coefficient (Wildman–Crippen LogP) is -0.835. The van der Waals surface area contributed by atoms with Crippen molar-refractivity contribution in [3.05, 3.63) is 4.91 Å². The Morgan fingerprint density at radius 3 is 2.57 bits per heavy atom. The van der Waals surface area contributed by atoms with Crippen LogP contribution in [-0.4, -0.2) is 25.6 Å². The Morgan fingerprint density at radius 2 is 2.43 bits per heavy atom. The maximum atomic E-state index is 9.36. The van der Waals surface area contributed by atoms with E-state index in [9.17, 15) is 4.91 Å². The number of nitrogens with zero attached hydrogens (tertiary/aromatic N) is 1. The van der Waals surface area contributed by atoms with Crippen molar-refractivity contribution in [1.82, 2.24) is 0 Å². The van der Waals surface area contributed by atoms with E-state index in [1.54, 1.807) is 7.85 Å². The highest BCUT2D eigenvalue weighted by molar-refractivity contribution is 6.08. The van der Waals surface area contributed by atoms with Crippen molar-refractivity contribution >= 4 is 7.85 Å². The molecule has 0 radical (unpaired) electrons. The van der Waals surface area contributed by atoms with E-state index in [0.29, 0.717) is 6.32 Å². The molecule has 0 saturated carbocycles. The minimum absolute atomic E-state index is 0.0243. The van der Waals surface area contributed by atoms with Crippen LogP contribution >= 0.6 is 0 Å². The zero-order chi connectivity index (χ0) is 5.70. The van der Waals surface area contributed by atoms with Gasteiger partial charge in [-0.15, -0.1) is 0 Å². The molecule has 0 bridgehead atoms. The second-order valence-corrected chi connectivity index (χ2v) is 1.37. The van der Waals surface area contributed by atoms with Gasteiger partial charge in [-0.25, -0.2) is 0 Å². The highest BCUT2D eigenvalue weighted by Gasteiger charge is 1.96. The molecule has 0 rings (SSSR count). The van der Waals surface area contributed by atoms with E-state index in [2.05, 4.69) is 5.18 Å². The Morgan fingerprint density at radius 1 is 1.86 bits per heavy atom. The highest BCUT2D eigenvalue weighted by atomic mass is 16.3. The largest absolute Gasteiger partial charge is 0.392 e. The number of hydrogen-bond donors (Lipinski definition) is 1.